The van der Waals surface area contributed by atoms with Crippen molar-refractivity contribution in [3.63, 3.8) is 0 Å². The Labute approximate surface area is 133 Å². The summed E-state index contributed by atoms with van der Waals surface area (Å²) < 4.78 is 0. The molecule has 0 aliphatic heterocycles. The minimum absolute atomic E-state index is 0.748. The fraction of sp³-hybridized carbons (Fsp3) is 1.00. The van der Waals surface area contributed by atoms with Gasteiger partial charge in [0.15, 0.2) is 0 Å². The van der Waals surface area contributed by atoms with Gasteiger partial charge in [-0.1, -0.05) is 40.0 Å². The summed E-state index contributed by atoms with van der Waals surface area (Å²) in [6, 6.07) is 1.62. The topological polar surface area (TPSA) is 15.3 Å². The van der Waals surface area contributed by atoms with E-state index in [4.69, 9.17) is 0 Å². The van der Waals surface area contributed by atoms with E-state index in [0.717, 1.165) is 29.8 Å². The van der Waals surface area contributed by atoms with Crippen LogP contribution in [0.3, 0.4) is 0 Å². The molecule has 3 unspecified atom stereocenters. The summed E-state index contributed by atoms with van der Waals surface area (Å²) in [7, 11) is 2.17. The third kappa shape index (κ3) is 4.69. The van der Waals surface area contributed by atoms with Crippen molar-refractivity contribution in [1.29, 1.82) is 0 Å². The standard InChI is InChI=1S/C19H38N2/c1-5-21(18-9-7-6-8-10-18)14-17-13-16(15(2)3)11-12-19(17)20-4/h15-20H,5-14H2,1-4H3. The normalized spacial score (nSPS) is 32.0. The highest BCUT2D eigenvalue weighted by Gasteiger charge is 2.33. The molecule has 0 aromatic carbocycles. The molecule has 0 amide bonds. The Hall–Kier alpha value is -0.0800. The highest BCUT2D eigenvalue weighted by atomic mass is 15.2. The van der Waals surface area contributed by atoms with E-state index in [0.29, 0.717) is 0 Å². The van der Waals surface area contributed by atoms with Gasteiger partial charge in [-0.2, -0.15) is 0 Å². The maximum atomic E-state index is 3.62. The van der Waals surface area contributed by atoms with Crippen LogP contribution in [-0.2, 0) is 0 Å². The van der Waals surface area contributed by atoms with E-state index in [1.807, 2.05) is 0 Å². The summed E-state index contributed by atoms with van der Waals surface area (Å²) >= 11 is 0. The number of nitrogens with one attached hydrogen (secondary N) is 1. The van der Waals surface area contributed by atoms with E-state index in [1.165, 1.54) is 64.5 Å². The lowest BCUT2D eigenvalue weighted by Gasteiger charge is -2.42. The lowest BCUT2D eigenvalue weighted by atomic mass is 9.73. The second-order valence-corrected chi connectivity index (χ2v) is 7.85. The molecule has 0 bridgehead atoms. The fourth-order valence-electron chi connectivity index (χ4n) is 4.77. The smallest absolute Gasteiger partial charge is 0.0105 e. The lowest BCUT2D eigenvalue weighted by Crippen LogP contribution is -2.48. The van der Waals surface area contributed by atoms with Crippen LogP contribution in [-0.4, -0.2) is 37.1 Å². The second-order valence-electron chi connectivity index (χ2n) is 7.85. The van der Waals surface area contributed by atoms with Crippen molar-refractivity contribution in [2.75, 3.05) is 20.1 Å². The summed E-state index contributed by atoms with van der Waals surface area (Å²) in [6.45, 7) is 9.77. The van der Waals surface area contributed by atoms with Gasteiger partial charge in [-0.25, -0.2) is 0 Å². The quantitative estimate of drug-likeness (QED) is 0.785. The molecule has 0 spiro atoms. The lowest BCUT2D eigenvalue weighted by molar-refractivity contribution is 0.0893. The second kappa shape index (κ2) is 8.53. The molecule has 124 valence electrons. The zero-order valence-electron chi connectivity index (χ0n) is 14.9. The summed E-state index contributed by atoms with van der Waals surface area (Å²) in [4.78, 5) is 2.82. The highest BCUT2D eigenvalue weighted by molar-refractivity contribution is 4.88. The molecule has 2 aliphatic carbocycles. The number of nitrogens with zero attached hydrogens (tertiary/aromatic N) is 1. The Kier molecular flexibility index (Phi) is 7.01. The number of hydrogen-bond acceptors (Lipinski definition) is 2. The van der Waals surface area contributed by atoms with Crippen molar-refractivity contribution < 1.29 is 0 Å². The van der Waals surface area contributed by atoms with Gasteiger partial charge >= 0.3 is 0 Å². The first-order valence-electron chi connectivity index (χ1n) is 9.57. The summed E-state index contributed by atoms with van der Waals surface area (Å²) in [5.41, 5.74) is 0. The van der Waals surface area contributed by atoms with Gasteiger partial charge in [-0.15, -0.1) is 0 Å². The van der Waals surface area contributed by atoms with Crippen LogP contribution in [0.2, 0.25) is 0 Å². The van der Waals surface area contributed by atoms with Crippen LogP contribution < -0.4 is 5.32 Å². The summed E-state index contributed by atoms with van der Waals surface area (Å²) in [5, 5.41) is 3.62. The van der Waals surface area contributed by atoms with Gasteiger partial charge < -0.3 is 10.2 Å². The predicted octanol–water partition coefficient (Wildman–Crippen LogP) is 4.30. The van der Waals surface area contributed by atoms with Gasteiger partial charge in [0.1, 0.15) is 0 Å². The van der Waals surface area contributed by atoms with Gasteiger partial charge in [-0.05, 0) is 63.5 Å². The zero-order valence-corrected chi connectivity index (χ0v) is 14.9. The average Bonchev–Trinajstić information content (AvgIpc) is 2.53. The third-order valence-corrected chi connectivity index (χ3v) is 6.30. The molecule has 0 saturated heterocycles. The summed E-state index contributed by atoms with van der Waals surface area (Å²) in [6.07, 6.45) is 11.5. The molecule has 3 atom stereocenters. The Morgan fingerprint density at radius 3 is 2.33 bits per heavy atom. The molecular weight excluding hydrogens is 256 g/mol. The van der Waals surface area contributed by atoms with Crippen molar-refractivity contribution >= 4 is 0 Å². The Morgan fingerprint density at radius 2 is 1.76 bits per heavy atom. The van der Waals surface area contributed by atoms with E-state index in [1.54, 1.807) is 0 Å². The van der Waals surface area contributed by atoms with E-state index >= 15 is 0 Å². The minimum Gasteiger partial charge on any atom is -0.317 e. The van der Waals surface area contributed by atoms with Gasteiger partial charge in [0, 0.05) is 18.6 Å². The molecule has 2 aliphatic rings. The monoisotopic (exact) mass is 294 g/mol. The molecule has 2 heteroatoms. The molecule has 0 radical (unpaired) electrons. The Balaban J connectivity index is 1.95. The first kappa shape index (κ1) is 17.3. The molecule has 2 fully saturated rings. The molecule has 0 aromatic rings. The molecule has 0 heterocycles. The van der Waals surface area contributed by atoms with Gasteiger partial charge in [0.05, 0.1) is 0 Å². The molecule has 2 rings (SSSR count). The highest BCUT2D eigenvalue weighted by Crippen LogP contribution is 2.35. The molecule has 0 aromatic heterocycles. The third-order valence-electron chi connectivity index (χ3n) is 6.30. The van der Waals surface area contributed by atoms with Crippen LogP contribution in [0.4, 0.5) is 0 Å². The van der Waals surface area contributed by atoms with Crippen molar-refractivity contribution in [3.05, 3.63) is 0 Å². The predicted molar refractivity (Wildman–Crippen MR) is 92.6 cm³/mol. The van der Waals surface area contributed by atoms with Crippen LogP contribution >= 0.6 is 0 Å². The minimum atomic E-state index is 0.748. The maximum absolute atomic E-state index is 3.62. The van der Waals surface area contributed by atoms with E-state index in [2.05, 4.69) is 38.0 Å². The van der Waals surface area contributed by atoms with Crippen molar-refractivity contribution in [3.8, 4) is 0 Å². The van der Waals surface area contributed by atoms with Crippen molar-refractivity contribution in [2.45, 2.75) is 84.2 Å². The van der Waals surface area contributed by atoms with Crippen LogP contribution in [0.5, 0.6) is 0 Å². The van der Waals surface area contributed by atoms with Crippen molar-refractivity contribution in [2.24, 2.45) is 17.8 Å². The SMILES string of the molecule is CCN(CC1CC(C(C)C)CCC1NC)C1CCCCC1. The molecule has 2 saturated carbocycles. The number of rotatable bonds is 6. The summed E-state index contributed by atoms with van der Waals surface area (Å²) in [5.74, 6) is 2.66. The molecule has 2 nitrogen and oxygen atoms in total. The van der Waals surface area contributed by atoms with E-state index in [9.17, 15) is 0 Å². The Bertz CT molecular complexity index is 283. The maximum Gasteiger partial charge on any atom is 0.0105 e. The first-order valence-corrected chi connectivity index (χ1v) is 9.57. The van der Waals surface area contributed by atoms with E-state index < -0.39 is 0 Å². The van der Waals surface area contributed by atoms with Gasteiger partial charge in [0.25, 0.3) is 0 Å². The zero-order chi connectivity index (χ0) is 15.2. The Morgan fingerprint density at radius 1 is 1.05 bits per heavy atom. The van der Waals surface area contributed by atoms with Crippen LogP contribution in [0.25, 0.3) is 0 Å². The molecule has 1 N–H and O–H groups in total. The van der Waals surface area contributed by atoms with Crippen LogP contribution in [0, 0.1) is 17.8 Å². The largest absolute Gasteiger partial charge is 0.317 e. The van der Waals surface area contributed by atoms with Crippen LogP contribution in [0.1, 0.15) is 72.1 Å². The molecular formula is C19H38N2. The van der Waals surface area contributed by atoms with Crippen LogP contribution in [0.15, 0.2) is 0 Å². The van der Waals surface area contributed by atoms with E-state index in [-0.39, 0.29) is 0 Å². The van der Waals surface area contributed by atoms with Gasteiger partial charge in [0.2, 0.25) is 0 Å². The fourth-order valence-corrected chi connectivity index (χ4v) is 4.77. The van der Waals surface area contributed by atoms with Crippen molar-refractivity contribution in [1.82, 2.24) is 10.2 Å². The molecule has 21 heavy (non-hydrogen) atoms. The van der Waals surface area contributed by atoms with Gasteiger partial charge in [-0.3, -0.25) is 0 Å². The number of hydrogen-bond donors (Lipinski definition) is 1. The first-order chi connectivity index (χ1) is 10.2. The average molecular weight is 295 g/mol.